The van der Waals surface area contributed by atoms with Gasteiger partial charge in [-0.1, -0.05) is 11.3 Å². The number of piperidine rings is 2. The summed E-state index contributed by atoms with van der Waals surface area (Å²) in [6.45, 7) is 2.71. The zero-order valence-corrected chi connectivity index (χ0v) is 18.9. The number of benzene rings is 1. The second kappa shape index (κ2) is 9.34. The van der Waals surface area contributed by atoms with Gasteiger partial charge in [0, 0.05) is 37.9 Å². The number of likely N-dealkylation sites (tertiary alicyclic amines) is 2. The fraction of sp³-hybridized carbons (Fsp3) is 0.500. The molecule has 0 bridgehead atoms. The monoisotopic (exact) mass is 471 g/mol. The molecule has 0 saturated carbocycles. The first kappa shape index (κ1) is 21.6. The molecule has 1 atom stereocenters. The van der Waals surface area contributed by atoms with Crippen LogP contribution in [0.2, 0.25) is 0 Å². The van der Waals surface area contributed by atoms with Gasteiger partial charge < -0.3 is 24.6 Å². The SMILES string of the molecule is O=C(Nc1ccc2c(c1)OCO2)c1nnc(C(=O)N2CCC[C@H](C(=O)N3CCCCC3)C2)s1. The van der Waals surface area contributed by atoms with Gasteiger partial charge in [-0.2, -0.15) is 0 Å². The average Bonchev–Trinajstić information content (AvgIpc) is 3.53. The van der Waals surface area contributed by atoms with Crippen molar-refractivity contribution in [3.63, 3.8) is 0 Å². The summed E-state index contributed by atoms with van der Waals surface area (Å²) < 4.78 is 10.6. The molecule has 0 unspecified atom stereocenters. The van der Waals surface area contributed by atoms with Crippen LogP contribution in [0.3, 0.4) is 0 Å². The molecule has 2 aromatic rings. The van der Waals surface area contributed by atoms with Gasteiger partial charge in [0.25, 0.3) is 11.8 Å². The van der Waals surface area contributed by atoms with Gasteiger partial charge >= 0.3 is 0 Å². The normalized spacial score (nSPS) is 19.9. The highest BCUT2D eigenvalue weighted by atomic mass is 32.1. The second-order valence-electron chi connectivity index (χ2n) is 8.41. The molecule has 2 saturated heterocycles. The Kier molecular flexibility index (Phi) is 6.12. The quantitative estimate of drug-likeness (QED) is 0.728. The van der Waals surface area contributed by atoms with E-state index in [1.807, 2.05) is 4.90 Å². The molecule has 2 fully saturated rings. The molecule has 10 nitrogen and oxygen atoms in total. The number of ether oxygens (including phenoxy) is 2. The van der Waals surface area contributed by atoms with E-state index < -0.39 is 5.91 Å². The predicted octanol–water partition coefficient (Wildman–Crippen LogP) is 2.38. The van der Waals surface area contributed by atoms with Gasteiger partial charge in [0.05, 0.1) is 5.92 Å². The van der Waals surface area contributed by atoms with Crippen LogP contribution >= 0.6 is 11.3 Å². The molecule has 3 aliphatic rings. The first-order chi connectivity index (χ1) is 16.1. The summed E-state index contributed by atoms with van der Waals surface area (Å²) in [6.07, 6.45) is 4.82. The lowest BCUT2D eigenvalue weighted by molar-refractivity contribution is -0.137. The highest BCUT2D eigenvalue weighted by Crippen LogP contribution is 2.34. The summed E-state index contributed by atoms with van der Waals surface area (Å²) in [7, 11) is 0. The summed E-state index contributed by atoms with van der Waals surface area (Å²) in [4.78, 5) is 42.1. The number of amides is 3. The van der Waals surface area contributed by atoms with Crippen LogP contribution in [0, 0.1) is 5.92 Å². The van der Waals surface area contributed by atoms with E-state index in [4.69, 9.17) is 9.47 Å². The molecule has 4 heterocycles. The number of carbonyl (C=O) groups excluding carboxylic acids is 3. The molecule has 3 aliphatic heterocycles. The van der Waals surface area contributed by atoms with E-state index in [9.17, 15) is 14.4 Å². The molecular formula is C22H25N5O5S. The van der Waals surface area contributed by atoms with Crippen LogP contribution in [0.5, 0.6) is 11.5 Å². The van der Waals surface area contributed by atoms with Crippen molar-refractivity contribution in [2.45, 2.75) is 32.1 Å². The van der Waals surface area contributed by atoms with Gasteiger partial charge in [-0.05, 0) is 44.2 Å². The van der Waals surface area contributed by atoms with Gasteiger partial charge in [0.15, 0.2) is 11.5 Å². The zero-order valence-electron chi connectivity index (χ0n) is 18.1. The summed E-state index contributed by atoms with van der Waals surface area (Å²) in [5.74, 6) is 0.402. The fourth-order valence-electron chi connectivity index (χ4n) is 4.43. The smallest absolute Gasteiger partial charge is 0.286 e. The summed E-state index contributed by atoms with van der Waals surface area (Å²) >= 11 is 0.948. The number of nitrogens with zero attached hydrogens (tertiary/aromatic N) is 4. The third-order valence-electron chi connectivity index (χ3n) is 6.16. The molecule has 1 aromatic heterocycles. The Morgan fingerprint density at radius 3 is 2.55 bits per heavy atom. The van der Waals surface area contributed by atoms with E-state index in [1.54, 1.807) is 23.1 Å². The van der Waals surface area contributed by atoms with Crippen molar-refractivity contribution in [1.82, 2.24) is 20.0 Å². The Labute approximate surface area is 194 Å². The van der Waals surface area contributed by atoms with E-state index in [0.717, 1.165) is 50.1 Å². The number of carbonyl (C=O) groups is 3. The number of nitrogens with one attached hydrogen (secondary N) is 1. The van der Waals surface area contributed by atoms with Crippen molar-refractivity contribution in [1.29, 1.82) is 0 Å². The maximum atomic E-state index is 13.0. The Bertz CT molecular complexity index is 1070. The molecule has 0 spiro atoms. The predicted molar refractivity (Wildman–Crippen MR) is 119 cm³/mol. The second-order valence-corrected chi connectivity index (χ2v) is 9.39. The van der Waals surface area contributed by atoms with Gasteiger partial charge in [-0.15, -0.1) is 10.2 Å². The topological polar surface area (TPSA) is 114 Å². The highest BCUT2D eigenvalue weighted by Gasteiger charge is 2.33. The van der Waals surface area contributed by atoms with Crippen LogP contribution in [-0.2, 0) is 4.79 Å². The Hall–Kier alpha value is -3.21. The van der Waals surface area contributed by atoms with Crippen LogP contribution in [0.1, 0.15) is 51.7 Å². The number of hydrogen-bond donors (Lipinski definition) is 1. The maximum absolute atomic E-state index is 13.0. The molecule has 3 amide bonds. The van der Waals surface area contributed by atoms with Gasteiger partial charge in [-0.3, -0.25) is 14.4 Å². The van der Waals surface area contributed by atoms with Crippen LogP contribution in [-0.4, -0.2) is 70.7 Å². The molecular weight excluding hydrogens is 446 g/mol. The van der Waals surface area contributed by atoms with Crippen molar-refractivity contribution in [3.8, 4) is 11.5 Å². The molecule has 0 radical (unpaired) electrons. The van der Waals surface area contributed by atoms with Crippen LogP contribution in [0.25, 0.3) is 0 Å². The Balaban J connectivity index is 1.21. The molecule has 174 valence electrons. The first-order valence-electron chi connectivity index (χ1n) is 11.2. The van der Waals surface area contributed by atoms with Crippen molar-refractivity contribution < 1.29 is 23.9 Å². The minimum atomic E-state index is -0.456. The number of rotatable bonds is 4. The van der Waals surface area contributed by atoms with Crippen LogP contribution in [0.15, 0.2) is 18.2 Å². The van der Waals surface area contributed by atoms with Gasteiger partial charge in [0.2, 0.25) is 22.7 Å². The largest absolute Gasteiger partial charge is 0.454 e. The zero-order chi connectivity index (χ0) is 22.8. The van der Waals surface area contributed by atoms with Crippen molar-refractivity contribution in [2.75, 3.05) is 38.3 Å². The Morgan fingerprint density at radius 1 is 0.939 bits per heavy atom. The fourth-order valence-corrected chi connectivity index (χ4v) is 5.14. The number of aromatic nitrogens is 2. The van der Waals surface area contributed by atoms with E-state index in [1.165, 1.54) is 6.42 Å². The average molecular weight is 472 g/mol. The van der Waals surface area contributed by atoms with Crippen molar-refractivity contribution in [2.24, 2.45) is 5.92 Å². The minimum Gasteiger partial charge on any atom is -0.454 e. The van der Waals surface area contributed by atoms with Crippen LogP contribution < -0.4 is 14.8 Å². The lowest BCUT2D eigenvalue weighted by Crippen LogP contribution is -2.47. The molecule has 0 aliphatic carbocycles. The maximum Gasteiger partial charge on any atom is 0.286 e. The van der Waals surface area contributed by atoms with Crippen molar-refractivity contribution in [3.05, 3.63) is 28.2 Å². The summed E-state index contributed by atoms with van der Waals surface area (Å²) in [5.41, 5.74) is 0.530. The third-order valence-corrected chi connectivity index (χ3v) is 7.07. The van der Waals surface area contributed by atoms with Gasteiger partial charge in [0.1, 0.15) is 0 Å². The van der Waals surface area contributed by atoms with E-state index >= 15 is 0 Å². The number of fused-ring (bicyclic) bond motifs is 1. The first-order valence-corrected chi connectivity index (χ1v) is 12.0. The third kappa shape index (κ3) is 4.63. The van der Waals surface area contributed by atoms with E-state index in [2.05, 4.69) is 15.5 Å². The van der Waals surface area contributed by atoms with Crippen LogP contribution in [0.4, 0.5) is 5.69 Å². The summed E-state index contributed by atoms with van der Waals surface area (Å²) in [6, 6.07) is 5.08. The van der Waals surface area contributed by atoms with E-state index in [-0.39, 0.29) is 34.5 Å². The molecule has 1 N–H and O–H groups in total. The lowest BCUT2D eigenvalue weighted by Gasteiger charge is -2.35. The molecule has 1 aromatic carbocycles. The lowest BCUT2D eigenvalue weighted by atomic mass is 9.95. The summed E-state index contributed by atoms with van der Waals surface area (Å²) in [5, 5.41) is 10.8. The standard InChI is InChI=1S/C22H25N5O5S/c28-18(23-15-6-7-16-17(11-15)32-13-31-16)19-24-25-20(33-19)22(30)27-10-4-5-14(12-27)21(29)26-8-2-1-3-9-26/h6-7,11,14H,1-5,8-10,12-13H2,(H,23,28)/t14-/m0/s1. The van der Waals surface area contributed by atoms with Gasteiger partial charge in [-0.25, -0.2) is 0 Å². The van der Waals surface area contributed by atoms with Crippen molar-refractivity contribution >= 4 is 34.7 Å². The van der Waals surface area contributed by atoms with E-state index in [0.29, 0.717) is 30.3 Å². The highest BCUT2D eigenvalue weighted by molar-refractivity contribution is 7.15. The molecule has 11 heteroatoms. The molecule has 5 rings (SSSR count). The minimum absolute atomic E-state index is 0.0916. The molecule has 33 heavy (non-hydrogen) atoms. The number of hydrogen-bond acceptors (Lipinski definition) is 8. The Morgan fingerprint density at radius 2 is 1.70 bits per heavy atom. The number of anilines is 1.